The Morgan fingerprint density at radius 1 is 1.89 bits per heavy atom. The van der Waals surface area contributed by atoms with Crippen LogP contribution in [0.15, 0.2) is 6.20 Å². The van der Waals surface area contributed by atoms with Crippen LogP contribution < -0.4 is 0 Å². The second-order valence-corrected chi connectivity index (χ2v) is 3.28. The highest BCUT2D eigenvalue weighted by molar-refractivity contribution is 7.73. The normalized spacial score (nSPS) is 9.89. The van der Waals surface area contributed by atoms with Crippen LogP contribution in [0.5, 0.6) is 5.06 Å². The second-order valence-electron chi connectivity index (χ2n) is 1.62. The van der Waals surface area contributed by atoms with E-state index in [0.717, 1.165) is 10.5 Å². The first-order chi connectivity index (χ1) is 4.24. The van der Waals surface area contributed by atoms with Gasteiger partial charge in [0.15, 0.2) is 9.02 Å². The molecule has 0 spiro atoms. The molecule has 0 saturated carbocycles. The van der Waals surface area contributed by atoms with E-state index in [-0.39, 0.29) is 0 Å². The van der Waals surface area contributed by atoms with Crippen molar-refractivity contribution in [3.63, 3.8) is 0 Å². The summed E-state index contributed by atoms with van der Waals surface area (Å²) >= 11 is 6.12. The van der Waals surface area contributed by atoms with Gasteiger partial charge in [0.05, 0.1) is 6.20 Å². The van der Waals surface area contributed by atoms with E-state index in [4.69, 9.17) is 17.3 Å². The van der Waals surface area contributed by atoms with Gasteiger partial charge in [0.2, 0.25) is 0 Å². The lowest BCUT2D eigenvalue weighted by atomic mass is 10.7. The summed E-state index contributed by atoms with van der Waals surface area (Å²) < 4.78 is 2.56. The Morgan fingerprint density at radius 2 is 2.56 bits per heavy atom. The van der Waals surface area contributed by atoms with Gasteiger partial charge in [-0.15, -0.1) is 0 Å². The van der Waals surface area contributed by atoms with Crippen molar-refractivity contribution in [3.8, 4) is 5.06 Å². The van der Waals surface area contributed by atoms with E-state index >= 15 is 0 Å². The van der Waals surface area contributed by atoms with Gasteiger partial charge in [-0.05, 0) is 19.1 Å². The van der Waals surface area contributed by atoms with Crippen LogP contribution in [0.25, 0.3) is 0 Å². The molecule has 0 aliphatic heterocycles. The monoisotopic (exact) mass is 161 g/mol. The molecular formula is C5H7NOS2. The van der Waals surface area contributed by atoms with E-state index in [1.807, 2.05) is 11.5 Å². The fourth-order valence-corrected chi connectivity index (χ4v) is 1.68. The summed E-state index contributed by atoms with van der Waals surface area (Å²) in [7, 11) is 0. The molecule has 1 aromatic heterocycles. The minimum atomic E-state index is 0.293. The van der Waals surface area contributed by atoms with Crippen molar-refractivity contribution in [2.75, 3.05) is 0 Å². The third-order valence-corrected chi connectivity index (χ3v) is 2.24. The number of nitrogens with zero attached hydrogens (tertiary/aromatic N) is 1. The van der Waals surface area contributed by atoms with Gasteiger partial charge in [-0.2, -0.15) is 0 Å². The van der Waals surface area contributed by atoms with Gasteiger partial charge in [-0.25, -0.2) is 0 Å². The van der Waals surface area contributed by atoms with E-state index in [1.54, 1.807) is 6.20 Å². The van der Waals surface area contributed by atoms with E-state index in [1.165, 1.54) is 11.3 Å². The van der Waals surface area contributed by atoms with Gasteiger partial charge >= 0.3 is 0 Å². The SMILES string of the molecule is CCn1cc(O)sc1=S. The minimum absolute atomic E-state index is 0.293. The molecule has 9 heavy (non-hydrogen) atoms. The highest BCUT2D eigenvalue weighted by Crippen LogP contribution is 2.18. The maximum atomic E-state index is 8.90. The smallest absolute Gasteiger partial charge is 0.190 e. The number of thiazole rings is 1. The summed E-state index contributed by atoms with van der Waals surface area (Å²) in [5.41, 5.74) is 0. The number of aromatic nitrogens is 1. The first-order valence-electron chi connectivity index (χ1n) is 2.63. The Morgan fingerprint density at radius 3 is 2.78 bits per heavy atom. The highest BCUT2D eigenvalue weighted by Gasteiger charge is 1.94. The third kappa shape index (κ3) is 1.31. The minimum Gasteiger partial charge on any atom is -0.498 e. The van der Waals surface area contributed by atoms with Gasteiger partial charge in [-0.3, -0.25) is 0 Å². The molecule has 1 aromatic rings. The van der Waals surface area contributed by atoms with Gasteiger partial charge in [-0.1, -0.05) is 11.3 Å². The van der Waals surface area contributed by atoms with Crippen molar-refractivity contribution in [1.82, 2.24) is 4.57 Å². The molecule has 0 atom stereocenters. The topological polar surface area (TPSA) is 25.2 Å². The molecule has 0 fully saturated rings. The molecular weight excluding hydrogens is 154 g/mol. The van der Waals surface area contributed by atoms with Crippen LogP contribution in [0.3, 0.4) is 0 Å². The van der Waals surface area contributed by atoms with Crippen LogP contribution in [0.1, 0.15) is 6.92 Å². The lowest BCUT2D eigenvalue weighted by Gasteiger charge is -1.89. The van der Waals surface area contributed by atoms with Crippen LogP contribution in [0, 0.1) is 3.95 Å². The van der Waals surface area contributed by atoms with Crippen molar-refractivity contribution in [3.05, 3.63) is 10.2 Å². The van der Waals surface area contributed by atoms with Crippen LogP contribution >= 0.6 is 23.6 Å². The summed E-state index contributed by atoms with van der Waals surface area (Å²) in [4.78, 5) is 0. The predicted molar refractivity (Wildman–Crippen MR) is 40.5 cm³/mol. The number of rotatable bonds is 1. The standard InChI is InChI=1S/C5H7NOS2/c1-2-6-3-4(7)9-5(6)8/h3,7H,2H2,1H3. The van der Waals surface area contributed by atoms with E-state index in [0.29, 0.717) is 5.06 Å². The van der Waals surface area contributed by atoms with Gasteiger partial charge < -0.3 is 9.67 Å². The zero-order valence-electron chi connectivity index (χ0n) is 5.00. The Hall–Kier alpha value is -0.350. The number of hydrogen-bond acceptors (Lipinski definition) is 3. The lowest BCUT2D eigenvalue weighted by molar-refractivity contribution is 0.485. The van der Waals surface area contributed by atoms with Crippen molar-refractivity contribution < 1.29 is 5.11 Å². The fourth-order valence-electron chi connectivity index (χ4n) is 0.581. The molecule has 50 valence electrons. The maximum absolute atomic E-state index is 8.90. The van der Waals surface area contributed by atoms with Crippen LogP contribution in [0.2, 0.25) is 0 Å². The maximum Gasteiger partial charge on any atom is 0.190 e. The summed E-state index contributed by atoms with van der Waals surface area (Å²) in [6.45, 7) is 2.82. The third-order valence-electron chi connectivity index (χ3n) is 1.03. The number of aryl methyl sites for hydroxylation is 1. The molecule has 0 aliphatic carbocycles. The van der Waals surface area contributed by atoms with Crippen molar-refractivity contribution in [1.29, 1.82) is 0 Å². The molecule has 0 bridgehead atoms. The van der Waals surface area contributed by atoms with Gasteiger partial charge in [0.1, 0.15) is 0 Å². The average Bonchev–Trinajstić information content (AvgIpc) is 2.10. The zero-order valence-corrected chi connectivity index (χ0v) is 6.63. The summed E-state index contributed by atoms with van der Waals surface area (Å²) in [5.74, 6) is 0. The van der Waals surface area contributed by atoms with Gasteiger partial charge in [0, 0.05) is 6.54 Å². The molecule has 1 heterocycles. The highest BCUT2D eigenvalue weighted by atomic mass is 32.1. The predicted octanol–water partition coefficient (Wildman–Crippen LogP) is 2.00. The van der Waals surface area contributed by atoms with Crippen molar-refractivity contribution in [2.24, 2.45) is 0 Å². The van der Waals surface area contributed by atoms with Crippen LogP contribution in [-0.4, -0.2) is 9.67 Å². The first-order valence-corrected chi connectivity index (χ1v) is 3.85. The van der Waals surface area contributed by atoms with E-state index < -0.39 is 0 Å². The Bertz CT molecular complexity index is 250. The van der Waals surface area contributed by atoms with Crippen molar-refractivity contribution >= 4 is 23.6 Å². The average molecular weight is 161 g/mol. The largest absolute Gasteiger partial charge is 0.498 e. The van der Waals surface area contributed by atoms with Crippen LogP contribution in [0.4, 0.5) is 0 Å². The lowest BCUT2D eigenvalue weighted by Crippen LogP contribution is -1.88. The number of hydrogen-bond donors (Lipinski definition) is 1. The van der Waals surface area contributed by atoms with E-state index in [2.05, 4.69) is 0 Å². The first kappa shape index (κ1) is 6.77. The number of aromatic hydroxyl groups is 1. The molecule has 1 rings (SSSR count). The Labute approximate surface area is 62.4 Å². The van der Waals surface area contributed by atoms with Crippen molar-refractivity contribution in [2.45, 2.75) is 13.5 Å². The summed E-state index contributed by atoms with van der Waals surface area (Å²) in [6.07, 6.45) is 1.65. The van der Waals surface area contributed by atoms with E-state index in [9.17, 15) is 0 Å². The molecule has 0 amide bonds. The molecule has 0 aliphatic rings. The molecule has 0 unspecified atom stereocenters. The van der Waals surface area contributed by atoms with Crippen LogP contribution in [-0.2, 0) is 6.54 Å². The molecule has 2 nitrogen and oxygen atoms in total. The molecule has 0 radical (unpaired) electrons. The second kappa shape index (κ2) is 2.49. The van der Waals surface area contributed by atoms with Gasteiger partial charge in [0.25, 0.3) is 0 Å². The molecule has 0 aromatic carbocycles. The zero-order chi connectivity index (χ0) is 6.85. The summed E-state index contributed by atoms with van der Waals surface area (Å²) in [6, 6.07) is 0. The fraction of sp³-hybridized carbons (Fsp3) is 0.400. The molecule has 0 saturated heterocycles. The Kier molecular flexibility index (Phi) is 1.87. The molecule has 4 heteroatoms. The summed E-state index contributed by atoms with van der Waals surface area (Å²) in [5, 5.41) is 9.19. The molecule has 1 N–H and O–H groups in total. The quantitative estimate of drug-likeness (QED) is 0.637. The Balaban J connectivity index is 3.16.